The molecule has 0 aliphatic rings. The summed E-state index contributed by atoms with van der Waals surface area (Å²) < 4.78 is 53.2. The van der Waals surface area contributed by atoms with Crippen LogP contribution in [-0.2, 0) is 6.18 Å². The minimum Gasteiger partial charge on any atom is -0.382 e. The van der Waals surface area contributed by atoms with Gasteiger partial charge >= 0.3 is 6.18 Å². The van der Waals surface area contributed by atoms with Gasteiger partial charge in [0.15, 0.2) is 28.7 Å². The second-order valence-electron chi connectivity index (χ2n) is 8.63. The molecule has 1 unspecified atom stereocenters. The average Bonchev–Trinajstić information content (AvgIpc) is 3.29. The van der Waals surface area contributed by atoms with E-state index in [9.17, 15) is 22.4 Å². The Bertz CT molecular complexity index is 1650. The Morgan fingerprint density at radius 2 is 1.72 bits per heavy atom. The van der Waals surface area contributed by atoms with Crippen LogP contribution in [0.2, 0.25) is 0 Å². The van der Waals surface area contributed by atoms with Gasteiger partial charge in [0.2, 0.25) is 0 Å². The zero-order valence-corrected chi connectivity index (χ0v) is 20.2. The van der Waals surface area contributed by atoms with Crippen molar-refractivity contribution in [1.29, 1.82) is 0 Å². The standard InChI is InChI=1S/C26H20F4N8O/c1-13(14-2-4-15(5-3-14)16-10-19-22(31)37-38-23(19)32-11-16)34-24-21(36-20(12-33-24)26(28,29)30)25(39)35-18-8-6-17(27)7-9-18/h2-13H,1H3,(H,33,34)(H,35,39)(H3,31,32,37,38). The number of anilines is 3. The van der Waals surface area contributed by atoms with E-state index in [1.807, 2.05) is 30.3 Å². The second kappa shape index (κ2) is 10.0. The number of pyridine rings is 1. The Morgan fingerprint density at radius 3 is 2.41 bits per heavy atom. The molecule has 0 radical (unpaired) electrons. The van der Waals surface area contributed by atoms with Gasteiger partial charge in [-0.2, -0.15) is 18.3 Å². The number of H-pyrrole nitrogens is 1. The number of aromatic amines is 1. The molecule has 0 bridgehead atoms. The fourth-order valence-electron chi connectivity index (χ4n) is 3.85. The van der Waals surface area contributed by atoms with E-state index in [2.05, 4.69) is 35.8 Å². The number of nitrogens with two attached hydrogens (primary N) is 1. The smallest absolute Gasteiger partial charge is 0.382 e. The first-order valence-corrected chi connectivity index (χ1v) is 11.6. The first-order chi connectivity index (χ1) is 18.6. The minimum absolute atomic E-state index is 0.149. The number of fused-ring (bicyclic) bond motifs is 1. The van der Waals surface area contributed by atoms with Crippen LogP contribution in [-0.4, -0.2) is 31.1 Å². The fourth-order valence-corrected chi connectivity index (χ4v) is 3.85. The molecular formula is C26H20F4N8O. The van der Waals surface area contributed by atoms with Gasteiger partial charge in [0.05, 0.1) is 17.6 Å². The fraction of sp³-hybridized carbons (Fsp3) is 0.115. The van der Waals surface area contributed by atoms with Crippen molar-refractivity contribution in [2.75, 3.05) is 16.4 Å². The molecule has 13 heteroatoms. The molecule has 0 fully saturated rings. The Hall–Kier alpha value is -5.07. The van der Waals surface area contributed by atoms with E-state index < -0.39 is 35.3 Å². The molecule has 1 atom stereocenters. The molecule has 0 aliphatic carbocycles. The number of aromatic nitrogens is 5. The normalized spacial score (nSPS) is 12.3. The quantitative estimate of drug-likeness (QED) is 0.208. The van der Waals surface area contributed by atoms with Crippen LogP contribution in [0.3, 0.4) is 0 Å². The highest BCUT2D eigenvalue weighted by Crippen LogP contribution is 2.30. The zero-order chi connectivity index (χ0) is 27.7. The summed E-state index contributed by atoms with van der Waals surface area (Å²) in [5.74, 6) is -1.28. The monoisotopic (exact) mass is 536 g/mol. The lowest BCUT2D eigenvalue weighted by Crippen LogP contribution is -2.21. The Kier molecular flexibility index (Phi) is 6.56. The van der Waals surface area contributed by atoms with E-state index in [-0.39, 0.29) is 11.5 Å². The largest absolute Gasteiger partial charge is 0.434 e. The number of nitrogen functional groups attached to an aromatic ring is 1. The predicted molar refractivity (Wildman–Crippen MR) is 137 cm³/mol. The van der Waals surface area contributed by atoms with Gasteiger partial charge in [-0.25, -0.2) is 19.3 Å². The number of halogens is 4. The molecule has 9 nitrogen and oxygen atoms in total. The lowest BCUT2D eigenvalue weighted by atomic mass is 10.0. The van der Waals surface area contributed by atoms with Gasteiger partial charge < -0.3 is 16.4 Å². The van der Waals surface area contributed by atoms with Gasteiger partial charge in [-0.15, -0.1) is 0 Å². The maximum Gasteiger partial charge on any atom is 0.434 e. The van der Waals surface area contributed by atoms with Crippen molar-refractivity contribution < 1.29 is 22.4 Å². The molecule has 198 valence electrons. The summed E-state index contributed by atoms with van der Waals surface area (Å²) in [6.45, 7) is 1.76. The van der Waals surface area contributed by atoms with Crippen LogP contribution in [0.5, 0.6) is 0 Å². The van der Waals surface area contributed by atoms with Crippen molar-refractivity contribution in [3.05, 3.63) is 89.8 Å². The molecule has 1 amide bonds. The van der Waals surface area contributed by atoms with Crippen molar-refractivity contribution in [2.24, 2.45) is 0 Å². The highest BCUT2D eigenvalue weighted by atomic mass is 19.4. The van der Waals surface area contributed by atoms with Gasteiger partial charge in [0, 0.05) is 17.4 Å². The van der Waals surface area contributed by atoms with E-state index in [0.717, 1.165) is 28.8 Å². The number of rotatable bonds is 6. The summed E-state index contributed by atoms with van der Waals surface area (Å²) in [5.41, 5.74) is 7.18. The molecule has 5 rings (SSSR count). The third-order valence-electron chi connectivity index (χ3n) is 5.92. The van der Waals surface area contributed by atoms with E-state index >= 15 is 0 Å². The van der Waals surface area contributed by atoms with Crippen molar-refractivity contribution in [3.8, 4) is 11.1 Å². The van der Waals surface area contributed by atoms with Gasteiger partial charge in [-0.3, -0.25) is 9.89 Å². The summed E-state index contributed by atoms with van der Waals surface area (Å²) in [6, 6.07) is 13.5. The van der Waals surface area contributed by atoms with Crippen LogP contribution in [0.4, 0.5) is 34.9 Å². The molecule has 5 aromatic rings. The number of carbonyl (C=O) groups excluding carboxylic acids is 1. The minimum atomic E-state index is -4.81. The lowest BCUT2D eigenvalue weighted by Gasteiger charge is -2.18. The first kappa shape index (κ1) is 25.6. The molecule has 0 saturated heterocycles. The number of nitrogens with zero attached hydrogens (tertiary/aromatic N) is 4. The third kappa shape index (κ3) is 5.46. The van der Waals surface area contributed by atoms with Gasteiger partial charge in [-0.1, -0.05) is 24.3 Å². The average molecular weight is 536 g/mol. The Balaban J connectivity index is 1.39. The van der Waals surface area contributed by atoms with E-state index in [1.165, 1.54) is 12.1 Å². The molecule has 39 heavy (non-hydrogen) atoms. The maximum absolute atomic E-state index is 13.3. The number of amides is 1. The van der Waals surface area contributed by atoms with Crippen LogP contribution in [0.1, 0.15) is 34.7 Å². The summed E-state index contributed by atoms with van der Waals surface area (Å²) in [7, 11) is 0. The van der Waals surface area contributed by atoms with Crippen LogP contribution >= 0.6 is 0 Å². The Morgan fingerprint density at radius 1 is 1.00 bits per heavy atom. The molecule has 3 aromatic heterocycles. The molecule has 0 saturated carbocycles. The summed E-state index contributed by atoms with van der Waals surface area (Å²) >= 11 is 0. The van der Waals surface area contributed by atoms with Crippen molar-refractivity contribution >= 4 is 34.3 Å². The van der Waals surface area contributed by atoms with Gasteiger partial charge in [0.1, 0.15) is 5.82 Å². The summed E-state index contributed by atoms with van der Waals surface area (Å²) in [4.78, 5) is 24.6. The third-order valence-corrected chi connectivity index (χ3v) is 5.92. The van der Waals surface area contributed by atoms with E-state index in [4.69, 9.17) is 5.73 Å². The molecule has 0 spiro atoms. The lowest BCUT2D eigenvalue weighted by molar-refractivity contribution is -0.141. The molecule has 0 aliphatic heterocycles. The van der Waals surface area contributed by atoms with Crippen LogP contribution < -0.4 is 16.4 Å². The highest BCUT2D eigenvalue weighted by Gasteiger charge is 2.35. The second-order valence-corrected chi connectivity index (χ2v) is 8.63. The first-order valence-electron chi connectivity index (χ1n) is 11.6. The van der Waals surface area contributed by atoms with E-state index in [1.54, 1.807) is 13.1 Å². The molecule has 3 heterocycles. The number of nitrogens with one attached hydrogen (secondary N) is 3. The number of alkyl halides is 3. The molecule has 5 N–H and O–H groups in total. The van der Waals surface area contributed by atoms with Crippen LogP contribution in [0.15, 0.2) is 67.0 Å². The summed E-state index contributed by atoms with van der Waals surface area (Å²) in [6.07, 6.45) is -2.57. The predicted octanol–water partition coefficient (Wildman–Crippen LogP) is 5.58. The van der Waals surface area contributed by atoms with Crippen molar-refractivity contribution in [2.45, 2.75) is 19.1 Å². The number of hydrogen-bond donors (Lipinski definition) is 4. The Labute approximate surface area is 218 Å². The SMILES string of the molecule is CC(Nc1ncc(C(F)(F)F)nc1C(=O)Nc1ccc(F)cc1)c1ccc(-c2cnc3[nH]nc(N)c3c2)cc1. The zero-order valence-electron chi connectivity index (χ0n) is 20.2. The van der Waals surface area contributed by atoms with Crippen molar-refractivity contribution in [3.63, 3.8) is 0 Å². The van der Waals surface area contributed by atoms with Gasteiger partial charge in [-0.05, 0) is 48.4 Å². The maximum atomic E-state index is 13.3. The van der Waals surface area contributed by atoms with Crippen LogP contribution in [0.25, 0.3) is 22.2 Å². The van der Waals surface area contributed by atoms with Crippen LogP contribution in [0, 0.1) is 5.82 Å². The molecule has 2 aromatic carbocycles. The number of carbonyl (C=O) groups is 1. The van der Waals surface area contributed by atoms with Crippen molar-refractivity contribution in [1.82, 2.24) is 25.1 Å². The van der Waals surface area contributed by atoms with Gasteiger partial charge in [0.25, 0.3) is 5.91 Å². The number of hydrogen-bond acceptors (Lipinski definition) is 7. The topological polar surface area (TPSA) is 134 Å². The summed E-state index contributed by atoms with van der Waals surface area (Å²) in [5, 5.41) is 12.8. The molecular weight excluding hydrogens is 516 g/mol. The number of benzene rings is 2. The van der Waals surface area contributed by atoms with E-state index in [0.29, 0.717) is 23.0 Å². The highest BCUT2D eigenvalue weighted by molar-refractivity contribution is 6.06.